The van der Waals surface area contributed by atoms with Gasteiger partial charge < -0.3 is 5.21 Å². The van der Waals surface area contributed by atoms with Gasteiger partial charge in [-0.05, 0) is 18.2 Å². The molecule has 0 fully saturated rings. The molecular formula is C21H15N3O. The highest BCUT2D eigenvalue weighted by Gasteiger charge is 2.23. The molecule has 1 heterocycles. The Kier molecular flexibility index (Phi) is 3.92. The number of hydrogen-bond donors (Lipinski definition) is 0. The molecule has 0 bridgehead atoms. The summed E-state index contributed by atoms with van der Waals surface area (Å²) in [5.74, 6) is 0. The molecule has 1 aliphatic heterocycles. The second kappa shape index (κ2) is 6.53. The molecule has 4 heteroatoms. The van der Waals surface area contributed by atoms with Crippen molar-refractivity contribution in [3.8, 4) is 0 Å². The third kappa shape index (κ3) is 3.10. The Morgan fingerprint density at radius 3 is 2.20 bits per heavy atom. The number of aliphatic imine (C=N–C) groups is 2. The van der Waals surface area contributed by atoms with E-state index in [2.05, 4.69) is 4.99 Å². The summed E-state index contributed by atoms with van der Waals surface area (Å²) in [7, 11) is 0. The average Bonchev–Trinajstić information content (AvgIpc) is 3.00. The summed E-state index contributed by atoms with van der Waals surface area (Å²) in [4.78, 5) is 9.30. The highest BCUT2D eigenvalue weighted by Crippen LogP contribution is 2.28. The maximum atomic E-state index is 12.5. The summed E-state index contributed by atoms with van der Waals surface area (Å²) in [6.07, 6.45) is 1.48. The van der Waals surface area contributed by atoms with Crippen LogP contribution in [0.4, 0.5) is 17.1 Å². The highest BCUT2D eigenvalue weighted by molar-refractivity contribution is 6.68. The number of nitrogens with zero attached hydrogens (tertiary/aromatic N) is 3. The Morgan fingerprint density at radius 1 is 0.800 bits per heavy atom. The molecule has 0 aliphatic carbocycles. The first-order valence-electron chi connectivity index (χ1n) is 8.00. The third-order valence-electron chi connectivity index (χ3n) is 3.89. The SMILES string of the molecule is [O-]/[N+](=C\C1=Nc2ccccc2C1=Nc1ccccc1)c1ccccc1. The van der Waals surface area contributed by atoms with Crippen LogP contribution in [0.25, 0.3) is 0 Å². The van der Waals surface area contributed by atoms with E-state index in [9.17, 15) is 5.21 Å². The minimum atomic E-state index is 0.556. The zero-order valence-corrected chi connectivity index (χ0v) is 13.4. The lowest BCUT2D eigenvalue weighted by Gasteiger charge is -2.04. The van der Waals surface area contributed by atoms with Crippen molar-refractivity contribution < 1.29 is 4.74 Å². The number of fused-ring (bicyclic) bond motifs is 1. The van der Waals surface area contributed by atoms with Crippen molar-refractivity contribution in [1.29, 1.82) is 0 Å². The van der Waals surface area contributed by atoms with E-state index in [-0.39, 0.29) is 0 Å². The minimum absolute atomic E-state index is 0.556. The molecule has 0 unspecified atom stereocenters. The van der Waals surface area contributed by atoms with Crippen molar-refractivity contribution >= 4 is 34.7 Å². The van der Waals surface area contributed by atoms with E-state index in [1.54, 1.807) is 12.1 Å². The van der Waals surface area contributed by atoms with Crippen molar-refractivity contribution in [3.05, 3.63) is 95.7 Å². The maximum absolute atomic E-state index is 12.5. The van der Waals surface area contributed by atoms with Crippen LogP contribution in [0.3, 0.4) is 0 Å². The molecule has 0 saturated heterocycles. The van der Waals surface area contributed by atoms with Crippen molar-refractivity contribution in [2.45, 2.75) is 0 Å². The molecule has 0 spiro atoms. The lowest BCUT2D eigenvalue weighted by molar-refractivity contribution is -0.353. The molecule has 0 amide bonds. The number of rotatable bonds is 3. The zero-order valence-electron chi connectivity index (χ0n) is 13.4. The van der Waals surface area contributed by atoms with E-state index >= 15 is 0 Å². The topological polar surface area (TPSA) is 50.8 Å². The van der Waals surface area contributed by atoms with Gasteiger partial charge in [-0.15, -0.1) is 0 Å². The van der Waals surface area contributed by atoms with Crippen molar-refractivity contribution in [2.75, 3.05) is 0 Å². The average molecular weight is 325 g/mol. The second-order valence-corrected chi connectivity index (χ2v) is 5.60. The molecule has 0 radical (unpaired) electrons. The summed E-state index contributed by atoms with van der Waals surface area (Å²) in [6, 6.07) is 26.5. The molecule has 0 N–H and O–H groups in total. The van der Waals surface area contributed by atoms with Crippen LogP contribution in [0.15, 0.2) is 94.9 Å². The van der Waals surface area contributed by atoms with Gasteiger partial charge in [-0.1, -0.05) is 54.6 Å². The van der Waals surface area contributed by atoms with Crippen LogP contribution in [-0.2, 0) is 0 Å². The first-order valence-corrected chi connectivity index (χ1v) is 8.00. The third-order valence-corrected chi connectivity index (χ3v) is 3.89. The van der Waals surface area contributed by atoms with Crippen LogP contribution >= 0.6 is 0 Å². The quantitative estimate of drug-likeness (QED) is 0.295. The number of benzene rings is 3. The second-order valence-electron chi connectivity index (χ2n) is 5.60. The minimum Gasteiger partial charge on any atom is -0.618 e. The zero-order chi connectivity index (χ0) is 17.1. The van der Waals surface area contributed by atoms with Gasteiger partial charge in [0.2, 0.25) is 11.9 Å². The van der Waals surface area contributed by atoms with Gasteiger partial charge in [-0.25, -0.2) is 9.98 Å². The standard InChI is InChI=1S/C21H15N3O/c25-24(17-11-5-2-6-12-17)15-20-21(22-16-9-3-1-4-10-16)18-13-7-8-14-19(18)23-20/h1-15H/b22-21?,24-15-. The van der Waals surface area contributed by atoms with E-state index in [0.29, 0.717) is 17.1 Å². The number of hydrogen-bond acceptors (Lipinski definition) is 3. The van der Waals surface area contributed by atoms with Crippen molar-refractivity contribution in [1.82, 2.24) is 0 Å². The molecule has 25 heavy (non-hydrogen) atoms. The van der Waals surface area contributed by atoms with Crippen molar-refractivity contribution in [3.63, 3.8) is 0 Å². The fourth-order valence-corrected chi connectivity index (χ4v) is 2.69. The first kappa shape index (κ1) is 15.0. The lowest BCUT2D eigenvalue weighted by atomic mass is 10.1. The van der Waals surface area contributed by atoms with E-state index in [1.807, 2.05) is 72.8 Å². The molecule has 1 aliphatic rings. The van der Waals surface area contributed by atoms with E-state index < -0.39 is 0 Å². The largest absolute Gasteiger partial charge is 0.618 e. The van der Waals surface area contributed by atoms with Gasteiger partial charge in [0.25, 0.3) is 0 Å². The molecular weight excluding hydrogens is 310 g/mol. The van der Waals surface area contributed by atoms with Gasteiger partial charge in [0.1, 0.15) is 5.71 Å². The summed E-state index contributed by atoms with van der Waals surface area (Å²) in [6.45, 7) is 0. The smallest absolute Gasteiger partial charge is 0.216 e. The molecule has 120 valence electrons. The molecule has 4 nitrogen and oxygen atoms in total. The summed E-state index contributed by atoms with van der Waals surface area (Å²) in [5, 5.41) is 12.5. The highest BCUT2D eigenvalue weighted by atomic mass is 16.5. The van der Waals surface area contributed by atoms with Crippen LogP contribution in [0.5, 0.6) is 0 Å². The van der Waals surface area contributed by atoms with Crippen LogP contribution in [0.2, 0.25) is 0 Å². The summed E-state index contributed by atoms with van der Waals surface area (Å²) in [5.41, 5.74) is 4.40. The molecule has 0 saturated carbocycles. The van der Waals surface area contributed by atoms with E-state index in [0.717, 1.165) is 21.7 Å². The molecule has 3 aromatic rings. The first-order chi connectivity index (χ1) is 12.3. The fraction of sp³-hybridized carbons (Fsp3) is 0. The number of para-hydroxylation sites is 3. The van der Waals surface area contributed by atoms with Crippen molar-refractivity contribution in [2.24, 2.45) is 9.98 Å². The lowest BCUT2D eigenvalue weighted by Crippen LogP contribution is -2.16. The van der Waals surface area contributed by atoms with Crippen LogP contribution < -0.4 is 0 Å². The monoisotopic (exact) mass is 325 g/mol. The molecule has 3 aromatic carbocycles. The maximum Gasteiger partial charge on any atom is 0.216 e. The molecule has 4 rings (SSSR count). The Labute approximate surface area is 145 Å². The van der Waals surface area contributed by atoms with Gasteiger partial charge >= 0.3 is 0 Å². The van der Waals surface area contributed by atoms with Gasteiger partial charge in [-0.2, -0.15) is 4.74 Å². The van der Waals surface area contributed by atoms with Crippen LogP contribution in [-0.4, -0.2) is 22.4 Å². The van der Waals surface area contributed by atoms with Crippen LogP contribution in [0, 0.1) is 5.21 Å². The fourth-order valence-electron chi connectivity index (χ4n) is 2.69. The summed E-state index contributed by atoms with van der Waals surface area (Å²) >= 11 is 0. The Balaban J connectivity index is 1.80. The van der Waals surface area contributed by atoms with Gasteiger partial charge in [0.05, 0.1) is 11.4 Å². The van der Waals surface area contributed by atoms with E-state index in [4.69, 9.17) is 4.99 Å². The Bertz CT molecular complexity index is 990. The predicted molar refractivity (Wildman–Crippen MR) is 102 cm³/mol. The van der Waals surface area contributed by atoms with Gasteiger partial charge in [0, 0.05) is 17.7 Å². The van der Waals surface area contributed by atoms with Gasteiger partial charge in [0.15, 0.2) is 5.71 Å². The van der Waals surface area contributed by atoms with Crippen LogP contribution in [0.1, 0.15) is 5.56 Å². The molecule has 0 aromatic heterocycles. The predicted octanol–water partition coefficient (Wildman–Crippen LogP) is 4.81. The van der Waals surface area contributed by atoms with E-state index in [1.165, 1.54) is 6.21 Å². The Morgan fingerprint density at radius 2 is 1.44 bits per heavy atom. The Hall–Kier alpha value is -3.53. The summed E-state index contributed by atoms with van der Waals surface area (Å²) < 4.78 is 0.825. The molecule has 0 atom stereocenters. The normalized spacial score (nSPS) is 15.1. The van der Waals surface area contributed by atoms with Gasteiger partial charge in [-0.3, -0.25) is 0 Å².